The number of aromatic nitrogens is 4. The number of benzene rings is 1. The van der Waals surface area contributed by atoms with E-state index < -0.39 is 5.97 Å². The van der Waals surface area contributed by atoms with Crippen molar-refractivity contribution in [2.45, 2.75) is 6.54 Å². The van der Waals surface area contributed by atoms with Crippen molar-refractivity contribution < 1.29 is 14.3 Å². The Labute approximate surface area is 142 Å². The zero-order valence-corrected chi connectivity index (χ0v) is 13.7. The van der Waals surface area contributed by atoms with Crippen LogP contribution in [0.5, 0.6) is 5.75 Å². The smallest absolute Gasteiger partial charge is 0.337 e. The number of esters is 1. The lowest BCUT2D eigenvalue weighted by Crippen LogP contribution is -2.05. The predicted octanol–water partition coefficient (Wildman–Crippen LogP) is 1.91. The minimum atomic E-state index is -0.431. The first-order valence-corrected chi connectivity index (χ1v) is 7.30. The third-order valence-corrected chi connectivity index (χ3v) is 3.76. The average Bonchev–Trinajstić information content (AvgIpc) is 2.97. The van der Waals surface area contributed by atoms with Crippen molar-refractivity contribution in [3.8, 4) is 5.75 Å². The largest absolute Gasteiger partial charge is 0.496 e. The Morgan fingerprint density at radius 2 is 2.12 bits per heavy atom. The first-order valence-electron chi connectivity index (χ1n) is 6.92. The summed E-state index contributed by atoms with van der Waals surface area (Å²) in [7, 11) is 2.86. The first-order chi connectivity index (χ1) is 11.5. The van der Waals surface area contributed by atoms with Gasteiger partial charge in [0.1, 0.15) is 11.3 Å². The van der Waals surface area contributed by atoms with Gasteiger partial charge >= 0.3 is 5.97 Å². The molecule has 3 rings (SSSR count). The highest BCUT2D eigenvalue weighted by atomic mass is 35.5. The Balaban J connectivity index is 2.01. The van der Waals surface area contributed by atoms with E-state index in [1.165, 1.54) is 14.2 Å². The Morgan fingerprint density at radius 3 is 2.83 bits per heavy atom. The van der Waals surface area contributed by atoms with Gasteiger partial charge in [-0.1, -0.05) is 17.7 Å². The van der Waals surface area contributed by atoms with Crippen LogP contribution in [-0.4, -0.2) is 39.7 Å². The zero-order valence-electron chi connectivity index (χ0n) is 13.0. The molecule has 124 valence electrons. The average molecular weight is 348 g/mol. The van der Waals surface area contributed by atoms with Crippen molar-refractivity contribution in [3.05, 3.63) is 40.8 Å². The molecule has 3 aromatic rings. The number of halogens is 1. The lowest BCUT2D eigenvalue weighted by molar-refractivity contribution is 0.0600. The summed E-state index contributed by atoms with van der Waals surface area (Å²) in [5, 5.41) is 0.222. The van der Waals surface area contributed by atoms with E-state index in [0.717, 1.165) is 5.56 Å². The number of rotatable bonds is 4. The fraction of sp³-hybridized carbons (Fsp3) is 0.200. The third-order valence-electron chi connectivity index (χ3n) is 3.50. The SMILES string of the molecule is COC(=O)c1ccc(Cn2cnc3nc(N)nc(Cl)c32)c(OC)c1. The summed E-state index contributed by atoms with van der Waals surface area (Å²) in [6, 6.07) is 5.07. The van der Waals surface area contributed by atoms with Crippen LogP contribution in [0, 0.1) is 0 Å². The summed E-state index contributed by atoms with van der Waals surface area (Å²) >= 11 is 6.15. The lowest BCUT2D eigenvalue weighted by Gasteiger charge is -2.11. The molecule has 0 radical (unpaired) electrons. The molecule has 0 atom stereocenters. The van der Waals surface area contributed by atoms with Gasteiger partial charge in [-0.2, -0.15) is 9.97 Å². The van der Waals surface area contributed by atoms with Gasteiger partial charge < -0.3 is 19.8 Å². The van der Waals surface area contributed by atoms with Crippen molar-refractivity contribution in [1.29, 1.82) is 0 Å². The molecule has 8 nitrogen and oxygen atoms in total. The number of anilines is 1. The molecule has 2 aromatic heterocycles. The van der Waals surface area contributed by atoms with Gasteiger partial charge in [0.15, 0.2) is 10.8 Å². The number of hydrogen-bond acceptors (Lipinski definition) is 7. The van der Waals surface area contributed by atoms with Crippen LogP contribution in [0.25, 0.3) is 11.2 Å². The fourth-order valence-corrected chi connectivity index (χ4v) is 2.65. The standard InChI is InChI=1S/C15H14ClN5O3/c1-23-10-5-8(14(22)24-2)3-4-9(10)6-21-7-18-13-11(21)12(16)19-15(17)20-13/h3-5,7H,6H2,1-2H3,(H2,17,19,20). The summed E-state index contributed by atoms with van der Waals surface area (Å²) in [6.45, 7) is 0.411. The summed E-state index contributed by atoms with van der Waals surface area (Å²) in [6.07, 6.45) is 1.60. The topological polar surface area (TPSA) is 105 Å². The number of carbonyl (C=O) groups is 1. The molecule has 1 aromatic carbocycles. The molecular weight excluding hydrogens is 334 g/mol. The van der Waals surface area contributed by atoms with Crippen molar-refractivity contribution >= 4 is 34.7 Å². The van der Waals surface area contributed by atoms with Gasteiger partial charge in [-0.05, 0) is 12.1 Å². The maximum absolute atomic E-state index is 11.6. The highest BCUT2D eigenvalue weighted by Gasteiger charge is 2.15. The van der Waals surface area contributed by atoms with E-state index in [4.69, 9.17) is 26.8 Å². The third kappa shape index (κ3) is 2.83. The van der Waals surface area contributed by atoms with E-state index in [0.29, 0.717) is 29.0 Å². The van der Waals surface area contributed by atoms with E-state index >= 15 is 0 Å². The summed E-state index contributed by atoms with van der Waals surface area (Å²) in [5.74, 6) is 0.185. The molecule has 2 N–H and O–H groups in total. The van der Waals surface area contributed by atoms with Gasteiger partial charge in [0, 0.05) is 5.56 Å². The molecule has 0 aliphatic carbocycles. The molecule has 0 saturated carbocycles. The van der Waals surface area contributed by atoms with Crippen LogP contribution in [0.1, 0.15) is 15.9 Å². The van der Waals surface area contributed by atoms with Gasteiger partial charge in [-0.25, -0.2) is 9.78 Å². The number of hydrogen-bond donors (Lipinski definition) is 1. The van der Waals surface area contributed by atoms with E-state index in [-0.39, 0.29) is 11.1 Å². The second kappa shape index (κ2) is 6.32. The molecule has 0 unspecified atom stereocenters. The molecule has 0 bridgehead atoms. The number of fused-ring (bicyclic) bond motifs is 1. The van der Waals surface area contributed by atoms with Crippen molar-refractivity contribution in [2.24, 2.45) is 0 Å². The van der Waals surface area contributed by atoms with Crippen molar-refractivity contribution in [1.82, 2.24) is 19.5 Å². The Morgan fingerprint density at radius 1 is 1.33 bits per heavy atom. The molecule has 24 heavy (non-hydrogen) atoms. The van der Waals surface area contributed by atoms with Gasteiger partial charge in [-0.15, -0.1) is 0 Å². The molecular formula is C15H14ClN5O3. The van der Waals surface area contributed by atoms with E-state index in [1.807, 2.05) is 0 Å². The van der Waals surface area contributed by atoms with Crippen molar-refractivity contribution in [3.63, 3.8) is 0 Å². The van der Waals surface area contributed by atoms with Gasteiger partial charge in [0.2, 0.25) is 5.95 Å². The quantitative estimate of drug-likeness (QED) is 0.567. The summed E-state index contributed by atoms with van der Waals surface area (Å²) in [5.41, 5.74) is 7.80. The van der Waals surface area contributed by atoms with Crippen LogP contribution in [0.3, 0.4) is 0 Å². The lowest BCUT2D eigenvalue weighted by atomic mass is 10.1. The Kier molecular flexibility index (Phi) is 4.22. The summed E-state index contributed by atoms with van der Waals surface area (Å²) < 4.78 is 11.9. The van der Waals surface area contributed by atoms with E-state index in [1.54, 1.807) is 29.1 Å². The molecule has 0 amide bonds. The van der Waals surface area contributed by atoms with Crippen LogP contribution in [0.15, 0.2) is 24.5 Å². The van der Waals surface area contributed by atoms with Crippen molar-refractivity contribution in [2.75, 3.05) is 20.0 Å². The number of nitrogens with zero attached hydrogens (tertiary/aromatic N) is 4. The van der Waals surface area contributed by atoms with Crippen LogP contribution in [0.4, 0.5) is 5.95 Å². The number of carbonyl (C=O) groups excluding carboxylic acids is 1. The Bertz CT molecular complexity index is 925. The number of nitrogens with two attached hydrogens (primary N) is 1. The number of imidazole rings is 1. The number of nitrogen functional groups attached to an aromatic ring is 1. The first kappa shape index (κ1) is 16.0. The van der Waals surface area contributed by atoms with Crippen LogP contribution >= 0.6 is 11.6 Å². The van der Waals surface area contributed by atoms with Crippen LogP contribution in [0.2, 0.25) is 5.15 Å². The molecule has 0 aliphatic heterocycles. The van der Waals surface area contributed by atoms with E-state index in [9.17, 15) is 4.79 Å². The number of ether oxygens (including phenoxy) is 2. The minimum absolute atomic E-state index is 0.0674. The molecule has 0 saturated heterocycles. The highest BCUT2D eigenvalue weighted by Crippen LogP contribution is 2.25. The minimum Gasteiger partial charge on any atom is -0.496 e. The molecule has 0 fully saturated rings. The second-order valence-electron chi connectivity index (χ2n) is 4.94. The predicted molar refractivity (Wildman–Crippen MR) is 88.2 cm³/mol. The van der Waals surface area contributed by atoms with Crippen LogP contribution < -0.4 is 10.5 Å². The van der Waals surface area contributed by atoms with Gasteiger partial charge in [0.05, 0.1) is 32.7 Å². The molecule has 2 heterocycles. The highest BCUT2D eigenvalue weighted by molar-refractivity contribution is 6.33. The van der Waals surface area contributed by atoms with Gasteiger partial charge in [0.25, 0.3) is 0 Å². The second-order valence-corrected chi connectivity index (χ2v) is 5.29. The maximum atomic E-state index is 11.6. The van der Waals surface area contributed by atoms with Gasteiger partial charge in [-0.3, -0.25) is 0 Å². The number of methoxy groups -OCH3 is 2. The summed E-state index contributed by atoms with van der Waals surface area (Å²) in [4.78, 5) is 23.8. The normalized spacial score (nSPS) is 10.8. The van der Waals surface area contributed by atoms with E-state index in [2.05, 4.69) is 15.0 Å². The maximum Gasteiger partial charge on any atom is 0.337 e. The zero-order chi connectivity index (χ0) is 17.3. The van der Waals surface area contributed by atoms with Crippen LogP contribution in [-0.2, 0) is 11.3 Å². The monoisotopic (exact) mass is 347 g/mol. The molecule has 0 spiro atoms. The molecule has 0 aliphatic rings. The Hall–Kier alpha value is -2.87. The molecule has 9 heteroatoms. The fourth-order valence-electron chi connectivity index (χ4n) is 2.37.